The second-order valence-electron chi connectivity index (χ2n) is 8.55. The van der Waals surface area contributed by atoms with Crippen LogP contribution in [0.5, 0.6) is 5.75 Å². The molecule has 0 aliphatic rings. The van der Waals surface area contributed by atoms with E-state index < -0.39 is 17.7 Å². The van der Waals surface area contributed by atoms with E-state index in [-0.39, 0.29) is 23.0 Å². The predicted molar refractivity (Wildman–Crippen MR) is 153 cm³/mol. The summed E-state index contributed by atoms with van der Waals surface area (Å²) in [5, 5.41) is 17.5. The van der Waals surface area contributed by atoms with Crippen molar-refractivity contribution in [2.45, 2.75) is 19.0 Å². The number of rotatable bonds is 9. The third-order valence-corrected chi connectivity index (χ3v) is 5.79. The van der Waals surface area contributed by atoms with Crippen molar-refractivity contribution in [3.8, 4) is 17.0 Å². The van der Waals surface area contributed by atoms with Gasteiger partial charge < -0.3 is 26.4 Å². The maximum atomic E-state index is 12.8. The Kier molecular flexibility index (Phi) is 9.12. The van der Waals surface area contributed by atoms with Crippen LogP contribution in [-0.2, 0) is 11.0 Å². The first-order chi connectivity index (χ1) is 19.2. The van der Waals surface area contributed by atoms with Gasteiger partial charge in [0.1, 0.15) is 0 Å². The molecule has 0 bridgehead atoms. The quantitative estimate of drug-likeness (QED) is 0.0605. The molecule has 1 aromatic heterocycles. The molecule has 0 unspecified atom stereocenters. The molecule has 0 spiro atoms. The van der Waals surface area contributed by atoms with E-state index in [9.17, 15) is 18.0 Å². The number of esters is 1. The molecule has 12 heteroatoms. The Bertz CT molecular complexity index is 1470. The minimum absolute atomic E-state index is 0.0277. The minimum Gasteiger partial charge on any atom is -0.424 e. The molecule has 3 aromatic carbocycles. The Morgan fingerprint density at radius 3 is 2.35 bits per heavy atom. The van der Waals surface area contributed by atoms with E-state index in [0.717, 1.165) is 23.4 Å². The van der Waals surface area contributed by atoms with Crippen LogP contribution in [-0.4, -0.2) is 27.8 Å². The summed E-state index contributed by atoms with van der Waals surface area (Å²) < 4.78 is 43.9. The molecule has 0 saturated carbocycles. The van der Waals surface area contributed by atoms with E-state index in [4.69, 9.17) is 22.7 Å². The molecular weight excluding hydrogens is 541 g/mol. The number of aromatic nitrogens is 2. The second kappa shape index (κ2) is 12.9. The fraction of sp³-hybridized carbons (Fsp3) is 0.143. The molecule has 8 nitrogen and oxygen atoms in total. The van der Waals surface area contributed by atoms with Gasteiger partial charge in [0.15, 0.2) is 16.7 Å². The Morgan fingerprint density at radius 1 is 0.900 bits per heavy atom. The summed E-state index contributed by atoms with van der Waals surface area (Å²) in [4.78, 5) is 12.4. The number of benzene rings is 3. The lowest BCUT2D eigenvalue weighted by molar-refractivity contribution is -0.137. The number of alkyl halides is 3. The number of ether oxygens (including phenoxy) is 1. The predicted octanol–water partition coefficient (Wildman–Crippen LogP) is 6.35. The van der Waals surface area contributed by atoms with Crippen molar-refractivity contribution in [3.63, 3.8) is 0 Å². The fourth-order valence-corrected chi connectivity index (χ4v) is 3.83. The van der Waals surface area contributed by atoms with Crippen LogP contribution in [0, 0.1) is 0 Å². The summed E-state index contributed by atoms with van der Waals surface area (Å²) >= 11 is 5.38. The maximum absolute atomic E-state index is 12.8. The van der Waals surface area contributed by atoms with Crippen molar-refractivity contribution >= 4 is 46.2 Å². The number of carbonyl (C=O) groups excluding carboxylic acids is 1. The average Bonchev–Trinajstić information content (AvgIpc) is 2.93. The number of nitrogens with zero attached hydrogens (tertiary/aromatic N) is 2. The van der Waals surface area contributed by atoms with Gasteiger partial charge in [-0.1, -0.05) is 42.5 Å². The number of hydrogen-bond donors (Lipinski definition) is 4. The van der Waals surface area contributed by atoms with E-state index in [0.29, 0.717) is 30.2 Å². The lowest BCUT2D eigenvalue weighted by atomic mass is 10.1. The van der Waals surface area contributed by atoms with Gasteiger partial charge >= 0.3 is 12.1 Å². The zero-order valence-corrected chi connectivity index (χ0v) is 21.9. The summed E-state index contributed by atoms with van der Waals surface area (Å²) in [6, 6.07) is 23.1. The van der Waals surface area contributed by atoms with Crippen molar-refractivity contribution in [1.82, 2.24) is 10.2 Å². The van der Waals surface area contributed by atoms with Crippen LogP contribution in [0.3, 0.4) is 0 Å². The molecule has 1 heterocycles. The molecule has 0 aliphatic heterocycles. The highest BCUT2D eigenvalue weighted by Gasteiger charge is 2.30. The third-order valence-electron chi connectivity index (χ3n) is 5.59. The number of halogens is 3. The highest BCUT2D eigenvalue weighted by Crippen LogP contribution is 2.33. The topological polar surface area (TPSA) is 114 Å². The lowest BCUT2D eigenvalue weighted by Crippen LogP contribution is -2.21. The largest absolute Gasteiger partial charge is 0.424 e. The Labute approximate surface area is 233 Å². The zero-order valence-electron chi connectivity index (χ0n) is 21.0. The van der Waals surface area contributed by atoms with Gasteiger partial charge in [-0.05, 0) is 61.1 Å². The van der Waals surface area contributed by atoms with Gasteiger partial charge in [-0.15, -0.1) is 10.2 Å². The standard InChI is InChI=1S/C28H25F3N6O2S/c29-28(30,31)19-12-13-22(20(32)17-19)33-16-6-11-26(38)39-24-10-5-4-9-23(24)34-27(40)35-25-15-14-21(36-37-25)18-7-2-1-3-8-18/h1-5,7-10,12-15,17,33H,6,11,16,32H2,(H2,34,35,37,40). The normalized spacial score (nSPS) is 11.0. The third kappa shape index (κ3) is 7.90. The summed E-state index contributed by atoms with van der Waals surface area (Å²) in [5.41, 5.74) is 7.35. The molecule has 40 heavy (non-hydrogen) atoms. The summed E-state index contributed by atoms with van der Waals surface area (Å²) in [5.74, 6) is 0.229. The van der Waals surface area contributed by atoms with Gasteiger partial charge in [-0.25, -0.2) is 0 Å². The van der Waals surface area contributed by atoms with Gasteiger partial charge in [0.25, 0.3) is 0 Å². The van der Waals surface area contributed by atoms with Crippen LogP contribution in [0.25, 0.3) is 11.3 Å². The van der Waals surface area contributed by atoms with Crippen molar-refractivity contribution in [2.24, 2.45) is 0 Å². The Balaban J connectivity index is 1.25. The number of para-hydroxylation sites is 2. The van der Waals surface area contributed by atoms with Gasteiger partial charge in [0.2, 0.25) is 0 Å². The minimum atomic E-state index is -4.47. The van der Waals surface area contributed by atoms with Gasteiger partial charge in [-0.3, -0.25) is 4.79 Å². The van der Waals surface area contributed by atoms with Crippen LogP contribution in [0.4, 0.5) is 36.1 Å². The van der Waals surface area contributed by atoms with E-state index in [1.807, 2.05) is 36.4 Å². The van der Waals surface area contributed by atoms with Crippen LogP contribution in [0.15, 0.2) is 84.9 Å². The molecule has 0 aliphatic carbocycles. The number of thiocarbonyl (C=S) groups is 1. The monoisotopic (exact) mass is 566 g/mol. The highest BCUT2D eigenvalue weighted by atomic mass is 32.1. The summed E-state index contributed by atoms with van der Waals surface area (Å²) in [6.45, 7) is 0.308. The SMILES string of the molecule is Nc1cc(C(F)(F)F)ccc1NCCCC(=O)Oc1ccccc1NC(=S)Nc1ccc(-c2ccccc2)nn1. The van der Waals surface area contributed by atoms with Crippen LogP contribution in [0.2, 0.25) is 0 Å². The Morgan fingerprint density at radius 2 is 1.65 bits per heavy atom. The van der Waals surface area contributed by atoms with Gasteiger partial charge in [0, 0.05) is 18.5 Å². The van der Waals surface area contributed by atoms with Crippen LogP contribution in [0.1, 0.15) is 18.4 Å². The smallest absolute Gasteiger partial charge is 0.416 e. The maximum Gasteiger partial charge on any atom is 0.416 e. The zero-order chi connectivity index (χ0) is 28.5. The number of hydrogen-bond acceptors (Lipinski definition) is 7. The number of carbonyl (C=O) groups is 1. The number of nitrogen functional groups attached to an aromatic ring is 1. The van der Waals surface area contributed by atoms with Crippen molar-refractivity contribution < 1.29 is 22.7 Å². The molecule has 0 atom stereocenters. The van der Waals surface area contributed by atoms with Crippen LogP contribution < -0.4 is 26.4 Å². The second-order valence-corrected chi connectivity index (χ2v) is 8.96. The lowest BCUT2D eigenvalue weighted by Gasteiger charge is -2.14. The highest BCUT2D eigenvalue weighted by molar-refractivity contribution is 7.80. The molecule has 0 fully saturated rings. The molecular formula is C28H25F3N6O2S. The van der Waals surface area contributed by atoms with Gasteiger partial charge in [-0.2, -0.15) is 13.2 Å². The van der Waals surface area contributed by atoms with E-state index in [1.54, 1.807) is 30.3 Å². The Hall–Kier alpha value is -4.71. The molecule has 206 valence electrons. The molecule has 0 radical (unpaired) electrons. The van der Waals surface area contributed by atoms with Crippen molar-refractivity contribution in [1.29, 1.82) is 0 Å². The van der Waals surface area contributed by atoms with Gasteiger partial charge in [0.05, 0.1) is 28.3 Å². The molecule has 5 N–H and O–H groups in total. The molecule has 4 aromatic rings. The first-order valence-corrected chi connectivity index (χ1v) is 12.6. The number of nitrogens with two attached hydrogens (primary N) is 1. The number of nitrogens with one attached hydrogen (secondary N) is 3. The van der Waals surface area contributed by atoms with E-state index >= 15 is 0 Å². The van der Waals surface area contributed by atoms with Crippen LogP contribution >= 0.6 is 12.2 Å². The van der Waals surface area contributed by atoms with Crippen molar-refractivity contribution in [3.05, 3.63) is 90.5 Å². The fourth-order valence-electron chi connectivity index (χ4n) is 3.62. The van der Waals surface area contributed by atoms with Crippen molar-refractivity contribution in [2.75, 3.05) is 28.2 Å². The molecule has 4 rings (SSSR count). The summed E-state index contributed by atoms with van der Waals surface area (Å²) in [7, 11) is 0. The average molecular weight is 567 g/mol. The van der Waals surface area contributed by atoms with E-state index in [1.165, 1.54) is 6.07 Å². The first-order valence-electron chi connectivity index (χ1n) is 12.2. The van der Waals surface area contributed by atoms with E-state index in [2.05, 4.69) is 26.1 Å². The first kappa shape index (κ1) is 28.3. The number of anilines is 4. The summed E-state index contributed by atoms with van der Waals surface area (Å²) in [6.07, 6.45) is -4.04. The molecule has 0 amide bonds. The molecule has 0 saturated heterocycles.